The highest BCUT2D eigenvalue weighted by atomic mass is 16.2. The smallest absolute Gasteiger partial charge is 0.276 e. The molecule has 5 nitrogen and oxygen atoms in total. The number of carbonyl (C=O) groups is 1. The molecule has 0 aliphatic heterocycles. The zero-order chi connectivity index (χ0) is 16.8. The van der Waals surface area contributed by atoms with Crippen molar-refractivity contribution in [3.05, 3.63) is 106 Å². The molecule has 0 saturated heterocycles. The highest BCUT2D eigenvalue weighted by molar-refractivity contribution is 6.13. The van der Waals surface area contributed by atoms with Gasteiger partial charge in [0.15, 0.2) is 0 Å². The van der Waals surface area contributed by atoms with E-state index in [2.05, 4.69) is 15.5 Å². The fourth-order valence-electron chi connectivity index (χ4n) is 2.26. The molecule has 0 atom stereocenters. The number of amides is 1. The molecular weight excluding hydrogens is 302 g/mol. The highest BCUT2D eigenvalue weighted by Crippen LogP contribution is 2.10. The number of rotatable bonds is 4. The van der Waals surface area contributed by atoms with Crippen LogP contribution in [-0.2, 0) is 0 Å². The first-order chi connectivity index (χ1) is 11.8. The van der Waals surface area contributed by atoms with Gasteiger partial charge >= 0.3 is 0 Å². The summed E-state index contributed by atoms with van der Waals surface area (Å²) in [5.41, 5.74) is 4.38. The van der Waals surface area contributed by atoms with Crippen LogP contribution in [0.1, 0.15) is 21.5 Å². The number of hydrogen-bond acceptors (Lipinski definition) is 3. The molecule has 2 aromatic carbocycles. The van der Waals surface area contributed by atoms with Gasteiger partial charge in [-0.1, -0.05) is 60.7 Å². The number of pyridine rings is 1. The Kier molecular flexibility index (Phi) is 4.62. The third-order valence-electron chi connectivity index (χ3n) is 3.43. The largest absolute Gasteiger partial charge is 0.328 e. The molecule has 3 aromatic rings. The second-order valence-electron chi connectivity index (χ2n) is 5.05. The number of aromatic amines is 1. The van der Waals surface area contributed by atoms with E-state index in [1.165, 1.54) is 12.3 Å². The standard InChI is InChI=1S/C19H15N3O2/c23-18-16(12-7-13-20-18)19(24)22-21-17(14-8-3-1-4-9-14)15-10-5-2-6-11-15/h1-13H,(H,20,23)(H,22,24). The number of nitrogens with one attached hydrogen (secondary N) is 2. The van der Waals surface area contributed by atoms with Crippen molar-refractivity contribution in [2.75, 3.05) is 0 Å². The van der Waals surface area contributed by atoms with Crippen molar-refractivity contribution < 1.29 is 4.79 Å². The van der Waals surface area contributed by atoms with Gasteiger partial charge in [-0.15, -0.1) is 0 Å². The number of nitrogens with zero attached hydrogens (tertiary/aromatic N) is 1. The first-order valence-corrected chi connectivity index (χ1v) is 7.42. The Morgan fingerprint density at radius 3 is 1.96 bits per heavy atom. The van der Waals surface area contributed by atoms with Crippen molar-refractivity contribution in [3.8, 4) is 0 Å². The molecule has 24 heavy (non-hydrogen) atoms. The van der Waals surface area contributed by atoms with E-state index in [1.807, 2.05) is 60.7 Å². The van der Waals surface area contributed by atoms with Crippen LogP contribution in [0.4, 0.5) is 0 Å². The molecule has 0 radical (unpaired) electrons. The maximum Gasteiger partial charge on any atom is 0.276 e. The van der Waals surface area contributed by atoms with Crippen LogP contribution in [0, 0.1) is 0 Å². The van der Waals surface area contributed by atoms with Crippen molar-refractivity contribution >= 4 is 11.6 Å². The first-order valence-electron chi connectivity index (χ1n) is 7.42. The maximum atomic E-state index is 12.2. The number of benzene rings is 2. The fourth-order valence-corrected chi connectivity index (χ4v) is 2.26. The van der Waals surface area contributed by atoms with E-state index in [9.17, 15) is 9.59 Å². The van der Waals surface area contributed by atoms with Gasteiger partial charge in [0.2, 0.25) is 0 Å². The maximum absolute atomic E-state index is 12.2. The van der Waals surface area contributed by atoms with Gasteiger partial charge in [0.1, 0.15) is 5.56 Å². The van der Waals surface area contributed by atoms with Crippen LogP contribution < -0.4 is 11.0 Å². The Bertz CT molecular complexity index is 874. The van der Waals surface area contributed by atoms with Gasteiger partial charge in [0, 0.05) is 17.3 Å². The van der Waals surface area contributed by atoms with Gasteiger partial charge in [0.05, 0.1) is 5.71 Å². The minimum atomic E-state index is -0.554. The van der Waals surface area contributed by atoms with Crippen LogP contribution in [0.25, 0.3) is 0 Å². The molecule has 0 aliphatic carbocycles. The molecule has 0 unspecified atom stereocenters. The van der Waals surface area contributed by atoms with Crippen LogP contribution in [0.3, 0.4) is 0 Å². The normalized spacial score (nSPS) is 10.0. The minimum Gasteiger partial charge on any atom is -0.328 e. The monoisotopic (exact) mass is 317 g/mol. The van der Waals surface area contributed by atoms with Gasteiger partial charge in [0.25, 0.3) is 11.5 Å². The highest BCUT2D eigenvalue weighted by Gasteiger charge is 2.11. The summed E-state index contributed by atoms with van der Waals surface area (Å²) in [5.74, 6) is -0.554. The number of hydrazone groups is 1. The number of aromatic nitrogens is 1. The molecule has 0 aliphatic rings. The molecule has 5 heteroatoms. The van der Waals surface area contributed by atoms with Crippen LogP contribution in [0.15, 0.2) is 88.9 Å². The lowest BCUT2D eigenvalue weighted by atomic mass is 10.0. The predicted molar refractivity (Wildman–Crippen MR) is 93.1 cm³/mol. The summed E-state index contributed by atoms with van der Waals surface area (Å²) in [5, 5.41) is 4.25. The molecule has 0 saturated carbocycles. The van der Waals surface area contributed by atoms with Crippen LogP contribution in [-0.4, -0.2) is 16.6 Å². The van der Waals surface area contributed by atoms with Gasteiger partial charge in [-0.3, -0.25) is 9.59 Å². The van der Waals surface area contributed by atoms with Gasteiger partial charge in [-0.2, -0.15) is 5.10 Å². The third-order valence-corrected chi connectivity index (χ3v) is 3.43. The summed E-state index contributed by atoms with van der Waals surface area (Å²) < 4.78 is 0. The molecule has 3 rings (SSSR count). The quantitative estimate of drug-likeness (QED) is 0.573. The number of H-pyrrole nitrogens is 1. The second kappa shape index (κ2) is 7.19. The van der Waals surface area contributed by atoms with Gasteiger partial charge in [-0.05, 0) is 12.1 Å². The summed E-state index contributed by atoms with van der Waals surface area (Å²) >= 11 is 0. The van der Waals surface area contributed by atoms with Crippen LogP contribution >= 0.6 is 0 Å². The van der Waals surface area contributed by atoms with Crippen molar-refractivity contribution in [1.82, 2.24) is 10.4 Å². The Hall–Kier alpha value is -3.47. The van der Waals surface area contributed by atoms with Crippen molar-refractivity contribution in [2.24, 2.45) is 5.10 Å². The van der Waals surface area contributed by atoms with Crippen LogP contribution in [0.5, 0.6) is 0 Å². The Morgan fingerprint density at radius 2 is 1.42 bits per heavy atom. The third kappa shape index (κ3) is 3.47. The molecule has 1 heterocycles. The second-order valence-corrected chi connectivity index (χ2v) is 5.05. The Labute approximate surface area is 138 Å². The molecule has 1 amide bonds. The average molecular weight is 317 g/mol. The Morgan fingerprint density at radius 1 is 0.833 bits per heavy atom. The molecule has 0 spiro atoms. The van der Waals surface area contributed by atoms with Gasteiger partial charge < -0.3 is 4.98 Å². The summed E-state index contributed by atoms with van der Waals surface area (Å²) in [6.07, 6.45) is 1.47. The van der Waals surface area contributed by atoms with Crippen molar-refractivity contribution in [2.45, 2.75) is 0 Å². The van der Waals surface area contributed by atoms with Crippen molar-refractivity contribution in [1.29, 1.82) is 0 Å². The Balaban J connectivity index is 1.95. The van der Waals surface area contributed by atoms with Crippen molar-refractivity contribution in [3.63, 3.8) is 0 Å². The lowest BCUT2D eigenvalue weighted by Gasteiger charge is -2.07. The van der Waals surface area contributed by atoms with Crippen LogP contribution in [0.2, 0.25) is 0 Å². The van der Waals surface area contributed by atoms with E-state index in [1.54, 1.807) is 6.07 Å². The lowest BCUT2D eigenvalue weighted by molar-refractivity contribution is 0.0953. The summed E-state index contributed by atoms with van der Waals surface area (Å²) in [4.78, 5) is 26.3. The van der Waals surface area contributed by atoms with E-state index >= 15 is 0 Å². The molecule has 0 bridgehead atoms. The molecule has 2 N–H and O–H groups in total. The summed E-state index contributed by atoms with van der Waals surface area (Å²) in [7, 11) is 0. The first kappa shape index (κ1) is 15.4. The zero-order valence-corrected chi connectivity index (χ0v) is 12.8. The summed E-state index contributed by atoms with van der Waals surface area (Å²) in [6.45, 7) is 0. The van der Waals surface area contributed by atoms with Gasteiger partial charge in [-0.25, -0.2) is 5.43 Å². The van der Waals surface area contributed by atoms with E-state index in [4.69, 9.17) is 0 Å². The van der Waals surface area contributed by atoms with E-state index in [0.29, 0.717) is 5.71 Å². The lowest BCUT2D eigenvalue weighted by Crippen LogP contribution is -2.27. The number of carbonyl (C=O) groups excluding carboxylic acids is 1. The number of hydrogen-bond donors (Lipinski definition) is 2. The molecular formula is C19H15N3O2. The molecule has 1 aromatic heterocycles. The van der Waals surface area contributed by atoms with E-state index in [0.717, 1.165) is 11.1 Å². The summed E-state index contributed by atoms with van der Waals surface area (Å²) in [6, 6.07) is 22.1. The topological polar surface area (TPSA) is 74.3 Å². The fraction of sp³-hybridized carbons (Fsp3) is 0. The van der Waals surface area contributed by atoms with E-state index in [-0.39, 0.29) is 5.56 Å². The predicted octanol–water partition coefficient (Wildman–Crippen LogP) is 2.56. The minimum absolute atomic E-state index is 0.0155. The average Bonchev–Trinajstić information content (AvgIpc) is 2.64. The molecule has 0 fully saturated rings. The SMILES string of the molecule is O=C(NN=C(c1ccccc1)c1ccccc1)c1ccc[nH]c1=O. The molecule has 118 valence electrons. The van der Waals surface area contributed by atoms with E-state index < -0.39 is 11.5 Å². The zero-order valence-electron chi connectivity index (χ0n) is 12.8.